The number of unbranched alkanes of at least 4 members (excludes halogenated alkanes) is 5. The normalized spacial score (nSPS) is 12.9. The lowest BCUT2D eigenvalue weighted by molar-refractivity contribution is -0.143. The van der Waals surface area contributed by atoms with Crippen LogP contribution in [0.25, 0.3) is 0 Å². The van der Waals surface area contributed by atoms with E-state index in [1.165, 1.54) is 19.3 Å². The summed E-state index contributed by atoms with van der Waals surface area (Å²) < 4.78 is 19.4. The van der Waals surface area contributed by atoms with E-state index in [0.29, 0.717) is 17.5 Å². The number of esters is 1. The first-order chi connectivity index (χ1) is 14.9. The fraction of sp³-hybridized carbons (Fsp3) is 0.462. The highest BCUT2D eigenvalue weighted by Gasteiger charge is 2.36. The first kappa shape index (κ1) is 25.1. The average Bonchev–Trinajstić information content (AvgIpc) is 2.77. The Hall–Kier alpha value is -2.19. The first-order valence-electron chi connectivity index (χ1n) is 11.3. The zero-order valence-corrected chi connectivity index (χ0v) is 20.0. The van der Waals surface area contributed by atoms with Crippen LogP contribution in [0.2, 0.25) is 0 Å². The van der Waals surface area contributed by atoms with Gasteiger partial charge in [0.1, 0.15) is 0 Å². The van der Waals surface area contributed by atoms with E-state index in [1.54, 1.807) is 24.3 Å². The monoisotopic (exact) mass is 442 g/mol. The molecule has 1 atom stereocenters. The number of hydrogen-bond acceptors (Lipinski definition) is 4. The summed E-state index contributed by atoms with van der Waals surface area (Å²) in [5, 5.41) is 0.492. The van der Waals surface area contributed by atoms with Crippen molar-refractivity contribution in [3.63, 3.8) is 0 Å². The van der Waals surface area contributed by atoms with E-state index in [9.17, 15) is 14.2 Å². The molecule has 168 valence electrons. The molecule has 5 heteroatoms. The lowest BCUT2D eigenvalue weighted by Gasteiger charge is -2.19. The molecule has 2 rings (SSSR count). The molecule has 4 nitrogen and oxygen atoms in total. The molecule has 0 radical (unpaired) electrons. The van der Waals surface area contributed by atoms with Gasteiger partial charge < -0.3 is 9.30 Å². The summed E-state index contributed by atoms with van der Waals surface area (Å²) >= 11 is 0. The van der Waals surface area contributed by atoms with E-state index in [2.05, 4.69) is 6.92 Å². The van der Waals surface area contributed by atoms with Crippen molar-refractivity contribution >= 4 is 23.9 Å². The van der Waals surface area contributed by atoms with Gasteiger partial charge in [0.25, 0.3) is 0 Å². The maximum Gasteiger partial charge on any atom is 0.306 e. The maximum absolute atomic E-state index is 14.0. The number of aryl methyl sites for hydroxylation is 2. The second-order valence-corrected chi connectivity index (χ2v) is 11.0. The van der Waals surface area contributed by atoms with Crippen LogP contribution in [0.1, 0.15) is 73.4 Å². The Labute approximate surface area is 186 Å². The maximum atomic E-state index is 14.0. The minimum Gasteiger partial charge on any atom is -0.466 e. The van der Waals surface area contributed by atoms with Gasteiger partial charge in [-0.2, -0.15) is 0 Å². The smallest absolute Gasteiger partial charge is 0.306 e. The van der Waals surface area contributed by atoms with Gasteiger partial charge in [0, 0.05) is 17.0 Å². The third-order valence-corrected chi connectivity index (χ3v) is 8.45. The van der Waals surface area contributed by atoms with Gasteiger partial charge in [0.2, 0.25) is 5.52 Å². The predicted octanol–water partition coefficient (Wildman–Crippen LogP) is 6.43. The quantitative estimate of drug-likeness (QED) is 0.204. The van der Waals surface area contributed by atoms with E-state index in [4.69, 9.17) is 4.74 Å². The number of hydrogen-bond donors (Lipinski definition) is 0. The summed E-state index contributed by atoms with van der Waals surface area (Å²) in [5.41, 5.74) is 1.71. The molecule has 0 fully saturated rings. The molecule has 0 aliphatic rings. The van der Waals surface area contributed by atoms with Crippen molar-refractivity contribution in [2.75, 3.05) is 12.8 Å². The topological polar surface area (TPSA) is 60.4 Å². The Morgan fingerprint density at radius 2 is 1.45 bits per heavy atom. The molecule has 0 aliphatic carbocycles. The zero-order valence-electron chi connectivity index (χ0n) is 19.1. The molecule has 0 heterocycles. The number of carbonyl (C=O) groups is 2. The van der Waals surface area contributed by atoms with Crippen molar-refractivity contribution < 1.29 is 18.9 Å². The third kappa shape index (κ3) is 7.18. The molecule has 0 spiro atoms. The van der Waals surface area contributed by atoms with Gasteiger partial charge in [-0.15, -0.1) is 0 Å². The van der Waals surface area contributed by atoms with Crippen molar-refractivity contribution in [2.45, 2.75) is 65.7 Å². The van der Waals surface area contributed by atoms with Crippen molar-refractivity contribution in [3.05, 3.63) is 65.2 Å². The number of rotatable bonds is 13. The summed E-state index contributed by atoms with van der Waals surface area (Å²) in [7, 11) is -3.49. The van der Waals surface area contributed by atoms with Gasteiger partial charge in [-0.1, -0.05) is 87.6 Å². The van der Waals surface area contributed by atoms with Crippen LogP contribution in [0.3, 0.4) is 0 Å². The zero-order chi connectivity index (χ0) is 22.7. The molecular formula is C26H35O4P. The number of carbonyl (C=O) groups excluding carboxylic acids is 2. The lowest BCUT2D eigenvalue weighted by atomic mass is 10.0. The molecule has 2 aromatic carbocycles. The largest absolute Gasteiger partial charge is 0.466 e. The molecule has 2 aromatic rings. The molecule has 0 aromatic heterocycles. The van der Waals surface area contributed by atoms with Crippen molar-refractivity contribution in [1.29, 1.82) is 0 Å². The molecule has 0 amide bonds. The first-order valence-corrected chi connectivity index (χ1v) is 13.2. The Morgan fingerprint density at radius 1 is 0.839 bits per heavy atom. The van der Waals surface area contributed by atoms with E-state index in [-0.39, 0.29) is 24.1 Å². The van der Waals surface area contributed by atoms with Crippen LogP contribution in [0.15, 0.2) is 48.5 Å². The van der Waals surface area contributed by atoms with E-state index >= 15 is 0 Å². The molecule has 0 saturated heterocycles. The van der Waals surface area contributed by atoms with Gasteiger partial charge in [-0.25, -0.2) is 0 Å². The summed E-state index contributed by atoms with van der Waals surface area (Å²) in [6.07, 6.45) is 6.65. The Kier molecular flexibility index (Phi) is 10.2. The Bertz CT molecular complexity index is 885. The highest BCUT2D eigenvalue weighted by molar-refractivity contribution is 7.87. The van der Waals surface area contributed by atoms with Crippen LogP contribution < -0.4 is 5.30 Å². The van der Waals surface area contributed by atoms with Gasteiger partial charge in [-0.05, 0) is 31.4 Å². The minimum atomic E-state index is -3.49. The third-order valence-electron chi connectivity index (χ3n) is 5.59. The fourth-order valence-corrected chi connectivity index (χ4v) is 6.30. The van der Waals surface area contributed by atoms with Gasteiger partial charge >= 0.3 is 5.97 Å². The Balaban J connectivity index is 2.06. The average molecular weight is 443 g/mol. The molecule has 0 bridgehead atoms. The highest BCUT2D eigenvalue weighted by atomic mass is 31.2. The summed E-state index contributed by atoms with van der Waals surface area (Å²) in [5.74, 6) is -0.390. The standard InChI is InChI=1S/C26H35O4P/c1-4-5-6-7-8-12-19-30-24(27)18-20-31(29,23-16-10-9-11-17-23)26(28)25-21(2)14-13-15-22(25)3/h9-11,13-17H,4-8,12,18-20H2,1-3H3. The van der Waals surface area contributed by atoms with E-state index in [0.717, 1.165) is 30.4 Å². The molecule has 0 N–H and O–H groups in total. The lowest BCUT2D eigenvalue weighted by Crippen LogP contribution is -2.20. The van der Waals surface area contributed by atoms with Gasteiger partial charge in [-0.3, -0.25) is 9.59 Å². The van der Waals surface area contributed by atoms with Gasteiger partial charge in [0.05, 0.1) is 13.0 Å². The highest BCUT2D eigenvalue weighted by Crippen LogP contribution is 2.49. The second kappa shape index (κ2) is 12.6. The molecular weight excluding hydrogens is 407 g/mol. The summed E-state index contributed by atoms with van der Waals surface area (Å²) in [4.78, 5) is 25.8. The van der Waals surface area contributed by atoms with Crippen LogP contribution in [0.5, 0.6) is 0 Å². The molecule has 1 unspecified atom stereocenters. The molecule has 0 saturated carbocycles. The minimum absolute atomic E-state index is 0.0149. The van der Waals surface area contributed by atoms with Gasteiger partial charge in [0.15, 0.2) is 7.14 Å². The molecule has 31 heavy (non-hydrogen) atoms. The summed E-state index contributed by atoms with van der Waals surface area (Å²) in [6, 6.07) is 14.4. The SMILES string of the molecule is CCCCCCCCOC(=O)CCP(=O)(C(=O)c1c(C)cccc1C)c1ccccc1. The predicted molar refractivity (Wildman–Crippen MR) is 128 cm³/mol. The second-order valence-electron chi connectivity index (χ2n) is 8.11. The van der Waals surface area contributed by atoms with Crippen LogP contribution in [-0.4, -0.2) is 24.3 Å². The molecule has 0 aliphatic heterocycles. The van der Waals surface area contributed by atoms with Crippen LogP contribution in [0, 0.1) is 13.8 Å². The number of ether oxygens (including phenoxy) is 1. The van der Waals surface area contributed by atoms with Crippen molar-refractivity contribution in [1.82, 2.24) is 0 Å². The van der Waals surface area contributed by atoms with Crippen molar-refractivity contribution in [2.24, 2.45) is 0 Å². The fourth-order valence-electron chi connectivity index (χ4n) is 3.74. The van der Waals surface area contributed by atoms with Crippen LogP contribution >= 0.6 is 7.14 Å². The van der Waals surface area contributed by atoms with E-state index < -0.39 is 7.14 Å². The van der Waals surface area contributed by atoms with Crippen molar-refractivity contribution in [3.8, 4) is 0 Å². The summed E-state index contributed by atoms with van der Waals surface area (Å²) in [6.45, 7) is 6.27. The van der Waals surface area contributed by atoms with E-state index in [1.807, 2.05) is 38.1 Å². The van der Waals surface area contributed by atoms with Crippen LogP contribution in [-0.2, 0) is 14.1 Å². The van der Waals surface area contributed by atoms with Crippen LogP contribution in [0.4, 0.5) is 0 Å². The Morgan fingerprint density at radius 3 is 2.10 bits per heavy atom. The number of benzene rings is 2.